The van der Waals surface area contributed by atoms with Crippen LogP contribution in [0.4, 0.5) is 0 Å². The summed E-state index contributed by atoms with van der Waals surface area (Å²) >= 11 is 0. The second-order valence-corrected chi connectivity index (χ2v) is 5.10. The van der Waals surface area contributed by atoms with Crippen molar-refractivity contribution in [2.75, 3.05) is 6.54 Å². The molecule has 20 heavy (non-hydrogen) atoms. The van der Waals surface area contributed by atoms with Crippen molar-refractivity contribution in [2.45, 2.75) is 18.9 Å². The molecule has 3 heteroatoms. The molecule has 3 rings (SSSR count). The monoisotopic (exact) mass is 266 g/mol. The first kappa shape index (κ1) is 12.7. The quantitative estimate of drug-likeness (QED) is 0.885. The van der Waals surface area contributed by atoms with Crippen LogP contribution in [0.2, 0.25) is 0 Å². The number of aromatic amines is 1. The van der Waals surface area contributed by atoms with Gasteiger partial charge in [0.1, 0.15) is 0 Å². The van der Waals surface area contributed by atoms with Gasteiger partial charge in [-0.1, -0.05) is 42.5 Å². The fourth-order valence-corrected chi connectivity index (χ4v) is 2.27. The van der Waals surface area contributed by atoms with Crippen LogP contribution in [0.15, 0.2) is 54.9 Å². The average Bonchev–Trinajstić information content (AvgIpc) is 3.17. The zero-order valence-electron chi connectivity index (χ0n) is 11.3. The van der Waals surface area contributed by atoms with Crippen LogP contribution in [-0.4, -0.2) is 28.4 Å². The third kappa shape index (κ3) is 2.99. The van der Waals surface area contributed by atoms with E-state index in [1.807, 2.05) is 29.2 Å². The summed E-state index contributed by atoms with van der Waals surface area (Å²) in [6.07, 6.45) is 9.93. The van der Waals surface area contributed by atoms with Gasteiger partial charge in [0.15, 0.2) is 0 Å². The molecule has 1 fully saturated rings. The number of hydrogen-bond donors (Lipinski definition) is 1. The van der Waals surface area contributed by atoms with Gasteiger partial charge < -0.3 is 9.88 Å². The summed E-state index contributed by atoms with van der Waals surface area (Å²) in [4.78, 5) is 17.3. The van der Waals surface area contributed by atoms with Crippen molar-refractivity contribution in [3.8, 4) is 0 Å². The zero-order valence-corrected chi connectivity index (χ0v) is 11.3. The van der Waals surface area contributed by atoms with Crippen LogP contribution < -0.4 is 0 Å². The fourth-order valence-electron chi connectivity index (χ4n) is 2.27. The van der Waals surface area contributed by atoms with Crippen molar-refractivity contribution >= 4 is 12.0 Å². The summed E-state index contributed by atoms with van der Waals surface area (Å²) < 4.78 is 0. The van der Waals surface area contributed by atoms with Crippen LogP contribution in [0, 0.1) is 0 Å². The third-order valence-electron chi connectivity index (χ3n) is 3.51. The van der Waals surface area contributed by atoms with Gasteiger partial charge in [-0.2, -0.15) is 0 Å². The standard InChI is InChI=1S/C17H18N2O/c20-17(15-10-11-18-13-15)19(16-8-9-16)12-4-7-14-5-2-1-3-6-14/h1-7,10-11,13,16,18H,8-9,12H2. The fraction of sp³-hybridized carbons (Fsp3) is 0.235. The summed E-state index contributed by atoms with van der Waals surface area (Å²) in [6.45, 7) is 0.670. The molecule has 1 aromatic carbocycles. The molecule has 0 radical (unpaired) electrons. The average molecular weight is 266 g/mol. The predicted molar refractivity (Wildman–Crippen MR) is 80.3 cm³/mol. The molecule has 1 aromatic heterocycles. The number of H-pyrrole nitrogens is 1. The lowest BCUT2D eigenvalue weighted by atomic mass is 10.2. The maximum absolute atomic E-state index is 12.4. The second-order valence-electron chi connectivity index (χ2n) is 5.10. The van der Waals surface area contributed by atoms with E-state index in [0.29, 0.717) is 12.6 Å². The lowest BCUT2D eigenvalue weighted by Gasteiger charge is -2.20. The van der Waals surface area contributed by atoms with Crippen LogP contribution in [0.5, 0.6) is 0 Å². The zero-order chi connectivity index (χ0) is 13.8. The van der Waals surface area contributed by atoms with Gasteiger partial charge in [-0.25, -0.2) is 0 Å². The number of rotatable bonds is 5. The first-order valence-electron chi connectivity index (χ1n) is 7.00. The number of nitrogens with one attached hydrogen (secondary N) is 1. The maximum Gasteiger partial charge on any atom is 0.255 e. The molecule has 1 saturated carbocycles. The van der Waals surface area contributed by atoms with Crippen molar-refractivity contribution in [3.05, 3.63) is 66.0 Å². The summed E-state index contributed by atoms with van der Waals surface area (Å²) in [5, 5.41) is 0. The molecule has 0 bridgehead atoms. The predicted octanol–water partition coefficient (Wildman–Crippen LogP) is 3.33. The Labute approximate surface area is 118 Å². The highest BCUT2D eigenvalue weighted by atomic mass is 16.2. The summed E-state index contributed by atoms with van der Waals surface area (Å²) in [7, 11) is 0. The number of hydrogen-bond acceptors (Lipinski definition) is 1. The van der Waals surface area contributed by atoms with Crippen LogP contribution in [0.1, 0.15) is 28.8 Å². The molecule has 0 atom stereocenters. The Kier molecular flexibility index (Phi) is 3.68. The molecule has 2 aromatic rings. The molecule has 0 spiro atoms. The molecule has 0 aliphatic heterocycles. The molecular formula is C17H18N2O. The Hall–Kier alpha value is -2.29. The van der Waals surface area contributed by atoms with Crippen molar-refractivity contribution in [2.24, 2.45) is 0 Å². The molecule has 1 N–H and O–H groups in total. The van der Waals surface area contributed by atoms with Crippen LogP contribution in [0.3, 0.4) is 0 Å². The summed E-state index contributed by atoms with van der Waals surface area (Å²) in [5.41, 5.74) is 1.90. The molecule has 1 amide bonds. The minimum Gasteiger partial charge on any atom is -0.367 e. The van der Waals surface area contributed by atoms with Crippen molar-refractivity contribution in [3.63, 3.8) is 0 Å². The maximum atomic E-state index is 12.4. The van der Waals surface area contributed by atoms with E-state index in [9.17, 15) is 4.79 Å². The molecule has 3 nitrogen and oxygen atoms in total. The van der Waals surface area contributed by atoms with Gasteiger partial charge >= 0.3 is 0 Å². The van der Waals surface area contributed by atoms with E-state index in [1.165, 1.54) is 0 Å². The first-order valence-corrected chi connectivity index (χ1v) is 7.00. The van der Waals surface area contributed by atoms with E-state index >= 15 is 0 Å². The Morgan fingerprint density at radius 1 is 1.25 bits per heavy atom. The minimum absolute atomic E-state index is 0.117. The SMILES string of the molecule is O=C(c1cc[nH]c1)N(CC=Cc1ccccc1)C1CC1. The molecule has 102 valence electrons. The Balaban J connectivity index is 1.66. The Morgan fingerprint density at radius 3 is 2.70 bits per heavy atom. The lowest BCUT2D eigenvalue weighted by Crippen LogP contribution is -2.33. The van der Waals surface area contributed by atoms with E-state index in [1.54, 1.807) is 12.4 Å². The smallest absolute Gasteiger partial charge is 0.255 e. The van der Waals surface area contributed by atoms with Crippen molar-refractivity contribution < 1.29 is 4.79 Å². The van der Waals surface area contributed by atoms with Gasteiger partial charge in [-0.15, -0.1) is 0 Å². The van der Waals surface area contributed by atoms with Crippen LogP contribution in [0.25, 0.3) is 6.08 Å². The Bertz CT molecular complexity index is 583. The number of carbonyl (C=O) groups is 1. The van der Waals surface area contributed by atoms with Gasteiger partial charge in [-0.3, -0.25) is 4.79 Å². The highest BCUT2D eigenvalue weighted by Gasteiger charge is 2.32. The van der Waals surface area contributed by atoms with E-state index in [2.05, 4.69) is 29.3 Å². The van der Waals surface area contributed by atoms with Gasteiger partial charge in [0, 0.05) is 25.0 Å². The normalized spacial score (nSPS) is 14.6. The first-order chi connectivity index (χ1) is 9.84. The van der Waals surface area contributed by atoms with Crippen molar-refractivity contribution in [1.82, 2.24) is 9.88 Å². The largest absolute Gasteiger partial charge is 0.367 e. The molecule has 0 unspecified atom stereocenters. The number of nitrogens with zero attached hydrogens (tertiary/aromatic N) is 1. The molecule has 1 aliphatic carbocycles. The second kappa shape index (κ2) is 5.78. The summed E-state index contributed by atoms with van der Waals surface area (Å²) in [5.74, 6) is 0.117. The molecule has 1 aliphatic rings. The van der Waals surface area contributed by atoms with E-state index in [-0.39, 0.29) is 5.91 Å². The van der Waals surface area contributed by atoms with Gasteiger partial charge in [-0.05, 0) is 24.5 Å². The number of carbonyl (C=O) groups excluding carboxylic acids is 1. The van der Waals surface area contributed by atoms with Gasteiger partial charge in [0.25, 0.3) is 5.91 Å². The lowest BCUT2D eigenvalue weighted by molar-refractivity contribution is 0.0763. The Morgan fingerprint density at radius 2 is 2.05 bits per heavy atom. The number of benzene rings is 1. The molecule has 0 saturated heterocycles. The minimum atomic E-state index is 0.117. The molecular weight excluding hydrogens is 248 g/mol. The number of aromatic nitrogens is 1. The third-order valence-corrected chi connectivity index (χ3v) is 3.51. The van der Waals surface area contributed by atoms with E-state index < -0.39 is 0 Å². The van der Waals surface area contributed by atoms with Crippen molar-refractivity contribution in [1.29, 1.82) is 0 Å². The molecule has 1 heterocycles. The van der Waals surface area contributed by atoms with E-state index in [4.69, 9.17) is 0 Å². The van der Waals surface area contributed by atoms with Crippen LogP contribution >= 0.6 is 0 Å². The highest BCUT2D eigenvalue weighted by Crippen LogP contribution is 2.28. The van der Waals surface area contributed by atoms with E-state index in [0.717, 1.165) is 24.0 Å². The number of amides is 1. The topological polar surface area (TPSA) is 36.1 Å². The van der Waals surface area contributed by atoms with Gasteiger partial charge in [0.05, 0.1) is 5.56 Å². The highest BCUT2D eigenvalue weighted by molar-refractivity contribution is 5.94. The summed E-state index contributed by atoms with van der Waals surface area (Å²) in [6, 6.07) is 12.4. The van der Waals surface area contributed by atoms with Crippen LogP contribution in [-0.2, 0) is 0 Å². The van der Waals surface area contributed by atoms with Gasteiger partial charge in [0.2, 0.25) is 0 Å².